The summed E-state index contributed by atoms with van der Waals surface area (Å²) in [5.74, 6) is 0.439. The van der Waals surface area contributed by atoms with Gasteiger partial charge in [-0.1, -0.05) is 49.4 Å². The van der Waals surface area contributed by atoms with Crippen LogP contribution in [-0.4, -0.2) is 53.4 Å². The van der Waals surface area contributed by atoms with Crippen LogP contribution in [0.4, 0.5) is 17.3 Å². The van der Waals surface area contributed by atoms with Crippen molar-refractivity contribution in [3.05, 3.63) is 78.0 Å². The first-order chi connectivity index (χ1) is 16.1. The Bertz CT molecular complexity index is 1140. The SMILES string of the molecule is C=CC(=O)Cc1cccc(-c2nc(Nc3cccc(N4CCN(CC)CC4)c3)ncc2Cl)c1. The molecule has 3 aromatic rings. The monoisotopic (exact) mass is 461 g/mol. The Hall–Kier alpha value is -3.22. The van der Waals surface area contributed by atoms with Gasteiger partial charge in [-0.15, -0.1) is 0 Å². The van der Waals surface area contributed by atoms with Crippen molar-refractivity contribution in [1.29, 1.82) is 0 Å². The molecule has 0 bridgehead atoms. The maximum Gasteiger partial charge on any atom is 0.227 e. The third-order valence-electron chi connectivity index (χ3n) is 5.84. The number of halogens is 1. The Morgan fingerprint density at radius 3 is 2.70 bits per heavy atom. The summed E-state index contributed by atoms with van der Waals surface area (Å²) in [4.78, 5) is 25.6. The van der Waals surface area contributed by atoms with Gasteiger partial charge in [0.25, 0.3) is 0 Å². The normalized spacial score (nSPS) is 14.2. The molecule has 0 aliphatic carbocycles. The van der Waals surface area contributed by atoms with Gasteiger partial charge in [0.1, 0.15) is 0 Å². The molecule has 0 amide bonds. The van der Waals surface area contributed by atoms with E-state index in [1.807, 2.05) is 36.4 Å². The highest BCUT2D eigenvalue weighted by Crippen LogP contribution is 2.29. The molecule has 0 unspecified atom stereocenters. The molecule has 1 saturated heterocycles. The van der Waals surface area contributed by atoms with Crippen LogP contribution in [0.15, 0.2) is 67.4 Å². The molecule has 1 fully saturated rings. The Kier molecular flexibility index (Phi) is 7.37. The third kappa shape index (κ3) is 5.78. The van der Waals surface area contributed by atoms with Gasteiger partial charge >= 0.3 is 0 Å². The van der Waals surface area contributed by atoms with Crippen molar-refractivity contribution in [2.45, 2.75) is 13.3 Å². The lowest BCUT2D eigenvalue weighted by molar-refractivity contribution is -0.114. The van der Waals surface area contributed by atoms with E-state index in [2.05, 4.69) is 50.7 Å². The van der Waals surface area contributed by atoms with Crippen molar-refractivity contribution in [3.8, 4) is 11.3 Å². The van der Waals surface area contributed by atoms with E-state index in [1.54, 1.807) is 6.20 Å². The van der Waals surface area contributed by atoms with Crippen molar-refractivity contribution in [3.63, 3.8) is 0 Å². The molecule has 6 nitrogen and oxygen atoms in total. The number of benzene rings is 2. The Balaban J connectivity index is 1.53. The van der Waals surface area contributed by atoms with Crippen molar-refractivity contribution >= 4 is 34.7 Å². The van der Waals surface area contributed by atoms with Crippen LogP contribution in [0.3, 0.4) is 0 Å². The topological polar surface area (TPSA) is 61.4 Å². The number of hydrogen-bond acceptors (Lipinski definition) is 6. The summed E-state index contributed by atoms with van der Waals surface area (Å²) in [5.41, 5.74) is 4.45. The second-order valence-corrected chi connectivity index (χ2v) is 8.44. The van der Waals surface area contributed by atoms with Gasteiger partial charge in [0.15, 0.2) is 5.78 Å². The second-order valence-electron chi connectivity index (χ2n) is 8.03. The molecule has 2 aromatic carbocycles. The molecule has 0 atom stereocenters. The van der Waals surface area contributed by atoms with E-state index in [1.165, 1.54) is 11.8 Å². The lowest BCUT2D eigenvalue weighted by Gasteiger charge is -2.35. The van der Waals surface area contributed by atoms with E-state index in [9.17, 15) is 4.79 Å². The number of carbonyl (C=O) groups is 1. The zero-order valence-corrected chi connectivity index (χ0v) is 19.6. The van der Waals surface area contributed by atoms with E-state index in [0.717, 1.165) is 49.5 Å². The first kappa shape index (κ1) is 23.0. The van der Waals surface area contributed by atoms with Gasteiger partial charge in [-0.05, 0) is 42.4 Å². The molecule has 7 heteroatoms. The first-order valence-electron chi connectivity index (χ1n) is 11.2. The number of piperazine rings is 1. The second kappa shape index (κ2) is 10.6. The Morgan fingerprint density at radius 1 is 1.15 bits per heavy atom. The number of allylic oxidation sites excluding steroid dienone is 1. The summed E-state index contributed by atoms with van der Waals surface area (Å²) < 4.78 is 0. The van der Waals surface area contributed by atoms with E-state index in [0.29, 0.717) is 23.1 Å². The molecular formula is C26H28ClN5O. The van der Waals surface area contributed by atoms with Crippen LogP contribution in [0.2, 0.25) is 5.02 Å². The molecule has 33 heavy (non-hydrogen) atoms. The summed E-state index contributed by atoms with van der Waals surface area (Å²) in [6.45, 7) is 11.0. The van der Waals surface area contributed by atoms with E-state index < -0.39 is 0 Å². The number of nitrogens with one attached hydrogen (secondary N) is 1. The summed E-state index contributed by atoms with van der Waals surface area (Å²) in [7, 11) is 0. The van der Waals surface area contributed by atoms with Gasteiger partial charge in [-0.3, -0.25) is 4.79 Å². The van der Waals surface area contributed by atoms with Crippen LogP contribution >= 0.6 is 11.6 Å². The lowest BCUT2D eigenvalue weighted by Crippen LogP contribution is -2.46. The largest absolute Gasteiger partial charge is 0.369 e. The van der Waals surface area contributed by atoms with E-state index in [4.69, 9.17) is 11.6 Å². The van der Waals surface area contributed by atoms with Crippen LogP contribution < -0.4 is 10.2 Å². The summed E-state index contributed by atoms with van der Waals surface area (Å²) in [6.07, 6.45) is 3.23. The highest BCUT2D eigenvalue weighted by molar-refractivity contribution is 6.32. The highest BCUT2D eigenvalue weighted by atomic mass is 35.5. The number of hydrogen-bond donors (Lipinski definition) is 1. The summed E-state index contributed by atoms with van der Waals surface area (Å²) in [6, 6.07) is 16.0. The molecule has 0 radical (unpaired) electrons. The average molecular weight is 462 g/mol. The molecule has 1 N–H and O–H groups in total. The van der Waals surface area contributed by atoms with Gasteiger partial charge in [0, 0.05) is 49.5 Å². The molecule has 1 aromatic heterocycles. The Morgan fingerprint density at radius 2 is 1.94 bits per heavy atom. The fraction of sp³-hybridized carbons (Fsp3) is 0.269. The van der Waals surface area contributed by atoms with Crippen molar-refractivity contribution in [2.24, 2.45) is 0 Å². The molecular weight excluding hydrogens is 434 g/mol. The minimum atomic E-state index is -0.0284. The number of rotatable bonds is 8. The standard InChI is InChI=1S/C26H28ClN5O/c1-3-23(33)16-19-7-5-8-20(15-19)25-24(27)18-28-26(30-25)29-21-9-6-10-22(17-21)32-13-11-31(4-2)12-14-32/h3,5-10,15,17-18H,1,4,11-14,16H2,2H3,(H,28,29,30). The average Bonchev–Trinajstić information content (AvgIpc) is 2.85. The van der Waals surface area contributed by atoms with Gasteiger partial charge in [-0.2, -0.15) is 0 Å². The number of likely N-dealkylation sites (N-methyl/N-ethyl adjacent to an activating group) is 1. The number of carbonyl (C=O) groups excluding carboxylic acids is 1. The van der Waals surface area contributed by atoms with E-state index in [-0.39, 0.29) is 5.78 Å². The van der Waals surface area contributed by atoms with Gasteiger partial charge in [0.2, 0.25) is 5.95 Å². The molecule has 170 valence electrons. The molecule has 0 spiro atoms. The fourth-order valence-corrected chi connectivity index (χ4v) is 4.16. The lowest BCUT2D eigenvalue weighted by atomic mass is 10.0. The Labute approximate surface area is 199 Å². The van der Waals surface area contributed by atoms with Gasteiger partial charge in [0.05, 0.1) is 16.9 Å². The van der Waals surface area contributed by atoms with Crippen molar-refractivity contribution in [2.75, 3.05) is 42.9 Å². The molecule has 1 aliphatic rings. The smallest absolute Gasteiger partial charge is 0.227 e. The van der Waals surface area contributed by atoms with Crippen LogP contribution in [0, 0.1) is 0 Å². The van der Waals surface area contributed by atoms with Crippen LogP contribution in [0.25, 0.3) is 11.3 Å². The van der Waals surface area contributed by atoms with Gasteiger partial charge in [-0.25, -0.2) is 9.97 Å². The van der Waals surface area contributed by atoms with Crippen LogP contribution in [-0.2, 0) is 11.2 Å². The molecule has 4 rings (SSSR count). The quantitative estimate of drug-likeness (QED) is 0.477. The fourth-order valence-electron chi connectivity index (χ4n) is 3.96. The molecule has 1 aliphatic heterocycles. The number of ketones is 1. The minimum absolute atomic E-state index is 0.0284. The molecule has 2 heterocycles. The van der Waals surface area contributed by atoms with Crippen molar-refractivity contribution < 1.29 is 4.79 Å². The van der Waals surface area contributed by atoms with Crippen LogP contribution in [0.1, 0.15) is 12.5 Å². The zero-order valence-electron chi connectivity index (χ0n) is 18.8. The first-order valence-corrected chi connectivity index (χ1v) is 11.5. The number of anilines is 3. The van der Waals surface area contributed by atoms with Gasteiger partial charge < -0.3 is 15.1 Å². The minimum Gasteiger partial charge on any atom is -0.369 e. The number of nitrogens with zero attached hydrogens (tertiary/aromatic N) is 4. The zero-order chi connectivity index (χ0) is 23.2. The third-order valence-corrected chi connectivity index (χ3v) is 6.11. The number of aromatic nitrogens is 2. The summed E-state index contributed by atoms with van der Waals surface area (Å²) >= 11 is 6.42. The summed E-state index contributed by atoms with van der Waals surface area (Å²) in [5, 5.41) is 3.77. The predicted octanol–water partition coefficient (Wildman–Crippen LogP) is 4.98. The predicted molar refractivity (Wildman–Crippen MR) is 135 cm³/mol. The maximum absolute atomic E-state index is 11.7. The molecule has 0 saturated carbocycles. The van der Waals surface area contributed by atoms with E-state index >= 15 is 0 Å². The maximum atomic E-state index is 11.7. The van der Waals surface area contributed by atoms with Crippen LogP contribution in [0.5, 0.6) is 0 Å². The van der Waals surface area contributed by atoms with Crippen molar-refractivity contribution in [1.82, 2.24) is 14.9 Å². The highest BCUT2D eigenvalue weighted by Gasteiger charge is 2.16.